The first-order valence-electron chi connectivity index (χ1n) is 6.13. The number of aromatic nitrogens is 3. The average Bonchev–Trinajstić information content (AvgIpc) is 2.69. The van der Waals surface area contributed by atoms with Crippen LogP contribution in [0, 0.1) is 6.92 Å². The van der Waals surface area contributed by atoms with Gasteiger partial charge in [-0.25, -0.2) is 4.68 Å². The van der Waals surface area contributed by atoms with Crippen molar-refractivity contribution in [1.82, 2.24) is 25.2 Å². The predicted octanol–water partition coefficient (Wildman–Crippen LogP) is 0.0541. The summed E-state index contributed by atoms with van der Waals surface area (Å²) in [6, 6.07) is 0. The molecule has 5 heteroatoms. The lowest BCUT2D eigenvalue weighted by Crippen LogP contribution is -2.44. The molecule has 1 aliphatic heterocycles. The lowest BCUT2D eigenvalue weighted by atomic mass is 10.2. The second kappa shape index (κ2) is 5.41. The average molecular weight is 223 g/mol. The molecule has 1 fully saturated rings. The molecule has 16 heavy (non-hydrogen) atoms. The highest BCUT2D eigenvalue weighted by atomic mass is 15.4. The van der Waals surface area contributed by atoms with Crippen LogP contribution in [0.4, 0.5) is 0 Å². The van der Waals surface area contributed by atoms with Crippen LogP contribution in [0.25, 0.3) is 0 Å². The highest BCUT2D eigenvalue weighted by Gasteiger charge is 2.12. The fraction of sp³-hybridized carbons (Fsp3) is 0.818. The summed E-state index contributed by atoms with van der Waals surface area (Å²) >= 11 is 0. The summed E-state index contributed by atoms with van der Waals surface area (Å²) in [6.45, 7) is 10.7. The molecule has 1 N–H and O–H groups in total. The van der Waals surface area contributed by atoms with Gasteiger partial charge in [0, 0.05) is 45.7 Å². The number of aryl methyl sites for hydroxylation is 1. The Morgan fingerprint density at radius 1 is 1.31 bits per heavy atom. The van der Waals surface area contributed by atoms with Crippen molar-refractivity contribution >= 4 is 0 Å². The molecule has 1 aromatic heterocycles. The van der Waals surface area contributed by atoms with Crippen molar-refractivity contribution in [2.24, 2.45) is 0 Å². The van der Waals surface area contributed by atoms with Gasteiger partial charge < -0.3 is 10.2 Å². The van der Waals surface area contributed by atoms with E-state index in [0.29, 0.717) is 0 Å². The lowest BCUT2D eigenvalue weighted by molar-refractivity contribution is 0.243. The second-order valence-corrected chi connectivity index (χ2v) is 4.28. The molecule has 0 bridgehead atoms. The van der Waals surface area contributed by atoms with Crippen LogP contribution < -0.4 is 5.32 Å². The summed E-state index contributed by atoms with van der Waals surface area (Å²) < 4.78 is 1.97. The third-order valence-corrected chi connectivity index (χ3v) is 3.25. The maximum absolute atomic E-state index is 4.24. The van der Waals surface area contributed by atoms with Crippen molar-refractivity contribution in [2.45, 2.75) is 26.8 Å². The van der Waals surface area contributed by atoms with Crippen molar-refractivity contribution in [3.8, 4) is 0 Å². The van der Waals surface area contributed by atoms with E-state index >= 15 is 0 Å². The Kier molecular flexibility index (Phi) is 3.90. The Morgan fingerprint density at radius 2 is 2.06 bits per heavy atom. The van der Waals surface area contributed by atoms with Crippen LogP contribution in [0.5, 0.6) is 0 Å². The van der Waals surface area contributed by atoms with Gasteiger partial charge in [0.2, 0.25) is 0 Å². The third-order valence-electron chi connectivity index (χ3n) is 3.25. The summed E-state index contributed by atoms with van der Waals surface area (Å²) in [6.07, 6.45) is 1.02. The van der Waals surface area contributed by atoms with Crippen molar-refractivity contribution in [3.05, 3.63) is 11.4 Å². The van der Waals surface area contributed by atoms with Crippen LogP contribution in [-0.2, 0) is 13.0 Å². The fourth-order valence-electron chi connectivity index (χ4n) is 2.13. The smallest absolute Gasteiger partial charge is 0.0869 e. The second-order valence-electron chi connectivity index (χ2n) is 4.28. The topological polar surface area (TPSA) is 46.0 Å². The van der Waals surface area contributed by atoms with Crippen molar-refractivity contribution in [3.63, 3.8) is 0 Å². The maximum atomic E-state index is 4.24. The molecule has 5 nitrogen and oxygen atoms in total. The van der Waals surface area contributed by atoms with E-state index in [4.69, 9.17) is 0 Å². The highest BCUT2D eigenvalue weighted by molar-refractivity contribution is 5.08. The predicted molar refractivity (Wildman–Crippen MR) is 63.4 cm³/mol. The van der Waals surface area contributed by atoms with E-state index in [1.807, 2.05) is 4.68 Å². The summed E-state index contributed by atoms with van der Waals surface area (Å²) in [5.74, 6) is 0. The Hall–Kier alpha value is -0.940. The Balaban J connectivity index is 1.86. The molecule has 1 saturated heterocycles. The standard InChI is InChI=1S/C11H21N5/c1-3-16-10(2)11(13-14-16)4-7-15-8-5-12-6-9-15/h12H,3-9H2,1-2H3. The van der Waals surface area contributed by atoms with Crippen molar-refractivity contribution in [2.75, 3.05) is 32.7 Å². The zero-order valence-corrected chi connectivity index (χ0v) is 10.2. The molecule has 0 unspecified atom stereocenters. The summed E-state index contributed by atoms with van der Waals surface area (Å²) in [5.41, 5.74) is 2.37. The van der Waals surface area contributed by atoms with E-state index in [1.54, 1.807) is 0 Å². The van der Waals surface area contributed by atoms with Gasteiger partial charge >= 0.3 is 0 Å². The molecular formula is C11H21N5. The normalized spacial score (nSPS) is 17.9. The zero-order valence-electron chi connectivity index (χ0n) is 10.2. The van der Waals surface area contributed by atoms with Crippen LogP contribution in [0.2, 0.25) is 0 Å². The SMILES string of the molecule is CCn1nnc(CCN2CCNCC2)c1C. The van der Waals surface area contributed by atoms with E-state index in [9.17, 15) is 0 Å². The van der Waals surface area contributed by atoms with Crippen molar-refractivity contribution < 1.29 is 0 Å². The molecular weight excluding hydrogens is 202 g/mol. The first-order chi connectivity index (χ1) is 7.81. The van der Waals surface area contributed by atoms with Crippen LogP contribution in [0.3, 0.4) is 0 Å². The van der Waals surface area contributed by atoms with Crippen LogP contribution in [0.1, 0.15) is 18.3 Å². The highest BCUT2D eigenvalue weighted by Crippen LogP contribution is 2.05. The van der Waals surface area contributed by atoms with Gasteiger partial charge in [0.15, 0.2) is 0 Å². The van der Waals surface area contributed by atoms with Gasteiger partial charge in [-0.15, -0.1) is 5.10 Å². The molecule has 0 radical (unpaired) electrons. The molecule has 2 heterocycles. The van der Waals surface area contributed by atoms with Crippen LogP contribution in [0.15, 0.2) is 0 Å². The van der Waals surface area contributed by atoms with E-state index in [0.717, 1.165) is 51.4 Å². The summed E-state index contributed by atoms with van der Waals surface area (Å²) in [4.78, 5) is 2.49. The quantitative estimate of drug-likeness (QED) is 0.784. The minimum absolute atomic E-state index is 0.909. The Morgan fingerprint density at radius 3 is 2.69 bits per heavy atom. The van der Waals surface area contributed by atoms with Gasteiger partial charge in [0.25, 0.3) is 0 Å². The van der Waals surface area contributed by atoms with E-state index < -0.39 is 0 Å². The minimum Gasteiger partial charge on any atom is -0.314 e. The fourth-order valence-corrected chi connectivity index (χ4v) is 2.13. The molecule has 0 aromatic carbocycles. The zero-order chi connectivity index (χ0) is 11.4. The van der Waals surface area contributed by atoms with Crippen molar-refractivity contribution in [1.29, 1.82) is 0 Å². The van der Waals surface area contributed by atoms with E-state index in [1.165, 1.54) is 5.69 Å². The lowest BCUT2D eigenvalue weighted by Gasteiger charge is -2.26. The monoisotopic (exact) mass is 223 g/mol. The first-order valence-corrected chi connectivity index (χ1v) is 6.13. The molecule has 0 spiro atoms. The molecule has 2 rings (SSSR count). The number of nitrogens with one attached hydrogen (secondary N) is 1. The van der Waals surface area contributed by atoms with Crippen LogP contribution in [-0.4, -0.2) is 52.6 Å². The van der Waals surface area contributed by atoms with Gasteiger partial charge in [0.05, 0.1) is 11.4 Å². The number of piperazine rings is 1. The molecule has 0 saturated carbocycles. The van der Waals surface area contributed by atoms with E-state index in [-0.39, 0.29) is 0 Å². The molecule has 0 amide bonds. The molecule has 90 valence electrons. The third kappa shape index (κ3) is 2.59. The van der Waals surface area contributed by atoms with Gasteiger partial charge in [-0.05, 0) is 13.8 Å². The molecule has 0 atom stereocenters. The van der Waals surface area contributed by atoms with Gasteiger partial charge in [0.1, 0.15) is 0 Å². The first kappa shape index (κ1) is 11.5. The Labute approximate surface area is 96.8 Å². The Bertz CT molecular complexity index is 327. The van der Waals surface area contributed by atoms with E-state index in [2.05, 4.69) is 34.4 Å². The van der Waals surface area contributed by atoms with Crippen LogP contribution >= 0.6 is 0 Å². The summed E-state index contributed by atoms with van der Waals surface area (Å²) in [7, 11) is 0. The maximum Gasteiger partial charge on any atom is 0.0869 e. The van der Waals surface area contributed by atoms with Gasteiger partial charge in [-0.1, -0.05) is 5.21 Å². The molecule has 1 aromatic rings. The minimum atomic E-state index is 0.909. The number of rotatable bonds is 4. The number of hydrogen-bond donors (Lipinski definition) is 1. The molecule has 1 aliphatic rings. The number of nitrogens with zero attached hydrogens (tertiary/aromatic N) is 4. The molecule has 0 aliphatic carbocycles. The number of hydrogen-bond acceptors (Lipinski definition) is 4. The largest absolute Gasteiger partial charge is 0.314 e. The summed E-state index contributed by atoms with van der Waals surface area (Å²) in [5, 5.41) is 11.7. The van der Waals surface area contributed by atoms with Gasteiger partial charge in [-0.3, -0.25) is 0 Å². The van der Waals surface area contributed by atoms with Gasteiger partial charge in [-0.2, -0.15) is 0 Å².